The van der Waals surface area contributed by atoms with Gasteiger partial charge in [-0.15, -0.1) is 0 Å². The lowest BCUT2D eigenvalue weighted by atomic mass is 9.97. The lowest BCUT2D eigenvalue weighted by molar-refractivity contribution is 0.944. The van der Waals surface area contributed by atoms with Crippen LogP contribution < -0.4 is 0 Å². The van der Waals surface area contributed by atoms with Crippen LogP contribution in [-0.2, 0) is 6.42 Å². The first-order valence-electron chi connectivity index (χ1n) is 7.02. The average Bonchev–Trinajstić information content (AvgIpc) is 2.50. The predicted octanol–water partition coefficient (Wildman–Crippen LogP) is 6.59. The predicted molar refractivity (Wildman–Crippen MR) is 98.2 cm³/mol. The topological polar surface area (TPSA) is 0 Å². The van der Waals surface area contributed by atoms with Gasteiger partial charge < -0.3 is 0 Å². The van der Waals surface area contributed by atoms with Crippen LogP contribution in [0.15, 0.2) is 65.1 Å². The molecular weight excluding hydrogens is 388 g/mol. The minimum atomic E-state index is 0.320. The summed E-state index contributed by atoms with van der Waals surface area (Å²) in [6.07, 6.45) is 0.985. The molecule has 0 aliphatic rings. The van der Waals surface area contributed by atoms with E-state index in [1.807, 2.05) is 0 Å². The zero-order valence-corrected chi connectivity index (χ0v) is 15.0. The van der Waals surface area contributed by atoms with Gasteiger partial charge in [-0.2, -0.15) is 0 Å². The summed E-state index contributed by atoms with van der Waals surface area (Å²) in [5.74, 6) is 0. The molecule has 0 nitrogen and oxygen atoms in total. The van der Waals surface area contributed by atoms with Crippen molar-refractivity contribution in [3.8, 4) is 0 Å². The minimum Gasteiger partial charge on any atom is -0.0835 e. The van der Waals surface area contributed by atoms with Crippen LogP contribution in [-0.4, -0.2) is 0 Å². The molecule has 0 saturated heterocycles. The number of alkyl halides is 1. The SMILES string of the molecule is Cc1c(Br)cccc1C(Br)Cc1cccc2ccccc12. The van der Waals surface area contributed by atoms with Gasteiger partial charge in [-0.1, -0.05) is 86.5 Å². The lowest BCUT2D eigenvalue weighted by Crippen LogP contribution is -1.99. The van der Waals surface area contributed by atoms with Crippen LogP contribution in [0.4, 0.5) is 0 Å². The molecule has 3 aromatic carbocycles. The maximum atomic E-state index is 3.87. The second-order valence-corrected chi connectivity index (χ2v) is 7.22. The van der Waals surface area contributed by atoms with E-state index in [4.69, 9.17) is 0 Å². The van der Waals surface area contributed by atoms with Crippen LogP contribution in [0.5, 0.6) is 0 Å². The Morgan fingerprint density at radius 1 is 0.905 bits per heavy atom. The molecule has 0 aliphatic carbocycles. The molecule has 2 heteroatoms. The Balaban J connectivity index is 1.97. The quantitative estimate of drug-likeness (QED) is 0.432. The summed E-state index contributed by atoms with van der Waals surface area (Å²) in [7, 11) is 0. The van der Waals surface area contributed by atoms with Crippen molar-refractivity contribution in [1.29, 1.82) is 0 Å². The molecule has 0 bridgehead atoms. The highest BCUT2D eigenvalue weighted by molar-refractivity contribution is 9.10. The Hall–Kier alpha value is -1.12. The Bertz CT molecular complexity index is 772. The van der Waals surface area contributed by atoms with Gasteiger partial charge in [-0.05, 0) is 46.9 Å². The third-order valence-electron chi connectivity index (χ3n) is 3.93. The highest BCUT2D eigenvalue weighted by Crippen LogP contribution is 2.34. The number of hydrogen-bond donors (Lipinski definition) is 0. The lowest BCUT2D eigenvalue weighted by Gasteiger charge is -2.15. The van der Waals surface area contributed by atoms with E-state index in [2.05, 4.69) is 99.4 Å². The summed E-state index contributed by atoms with van der Waals surface area (Å²) in [5.41, 5.74) is 4.03. The fraction of sp³-hybridized carbons (Fsp3) is 0.158. The van der Waals surface area contributed by atoms with Crippen LogP contribution in [0, 0.1) is 6.92 Å². The van der Waals surface area contributed by atoms with Gasteiger partial charge in [0.25, 0.3) is 0 Å². The molecule has 0 aliphatic heterocycles. The van der Waals surface area contributed by atoms with E-state index >= 15 is 0 Å². The van der Waals surface area contributed by atoms with E-state index in [0.717, 1.165) is 6.42 Å². The van der Waals surface area contributed by atoms with Crippen molar-refractivity contribution in [2.75, 3.05) is 0 Å². The second-order valence-electron chi connectivity index (χ2n) is 5.26. The van der Waals surface area contributed by atoms with Crippen molar-refractivity contribution < 1.29 is 0 Å². The van der Waals surface area contributed by atoms with Crippen LogP contribution in [0.25, 0.3) is 10.8 Å². The van der Waals surface area contributed by atoms with Crippen molar-refractivity contribution in [2.24, 2.45) is 0 Å². The monoisotopic (exact) mass is 402 g/mol. The molecule has 0 spiro atoms. The van der Waals surface area contributed by atoms with E-state index in [1.54, 1.807) is 0 Å². The molecule has 0 amide bonds. The Morgan fingerprint density at radius 2 is 1.62 bits per heavy atom. The summed E-state index contributed by atoms with van der Waals surface area (Å²) in [6, 6.07) is 21.5. The summed E-state index contributed by atoms with van der Waals surface area (Å²) in [5, 5.41) is 2.65. The molecule has 21 heavy (non-hydrogen) atoms. The fourth-order valence-electron chi connectivity index (χ4n) is 2.74. The van der Waals surface area contributed by atoms with Crippen molar-refractivity contribution in [3.05, 3.63) is 81.8 Å². The Kier molecular flexibility index (Phi) is 4.46. The van der Waals surface area contributed by atoms with Gasteiger partial charge >= 0.3 is 0 Å². The average molecular weight is 404 g/mol. The Morgan fingerprint density at radius 3 is 2.48 bits per heavy atom. The van der Waals surface area contributed by atoms with Crippen LogP contribution in [0.1, 0.15) is 21.5 Å². The summed E-state index contributed by atoms with van der Waals surface area (Å²) < 4.78 is 1.17. The molecule has 3 rings (SSSR count). The van der Waals surface area contributed by atoms with Gasteiger partial charge in [-0.3, -0.25) is 0 Å². The first-order valence-corrected chi connectivity index (χ1v) is 8.73. The number of fused-ring (bicyclic) bond motifs is 1. The number of benzene rings is 3. The third kappa shape index (κ3) is 3.07. The molecule has 0 radical (unpaired) electrons. The van der Waals surface area contributed by atoms with Crippen LogP contribution in [0.2, 0.25) is 0 Å². The molecule has 106 valence electrons. The van der Waals surface area contributed by atoms with E-state index < -0.39 is 0 Å². The summed E-state index contributed by atoms with van der Waals surface area (Å²) in [4.78, 5) is 0.320. The normalized spacial score (nSPS) is 12.5. The highest BCUT2D eigenvalue weighted by Gasteiger charge is 2.13. The number of hydrogen-bond acceptors (Lipinski definition) is 0. The van der Waals surface area contributed by atoms with Crippen LogP contribution in [0.3, 0.4) is 0 Å². The molecule has 1 atom stereocenters. The second kappa shape index (κ2) is 6.33. The molecule has 0 fully saturated rings. The molecule has 0 aromatic heterocycles. The zero-order valence-electron chi connectivity index (χ0n) is 11.8. The smallest absolute Gasteiger partial charge is 0.0438 e. The minimum absolute atomic E-state index is 0.320. The number of rotatable bonds is 3. The summed E-state index contributed by atoms with van der Waals surface area (Å²) >= 11 is 7.49. The standard InChI is InChI=1S/C19H16Br2/c1-13-16(10-5-11-18(13)20)19(21)12-15-8-4-7-14-6-2-3-9-17(14)15/h2-11,19H,12H2,1H3. The summed E-state index contributed by atoms with van der Waals surface area (Å²) in [6.45, 7) is 2.16. The molecule has 1 unspecified atom stereocenters. The highest BCUT2D eigenvalue weighted by atomic mass is 79.9. The number of halogens is 2. The van der Waals surface area contributed by atoms with E-state index in [0.29, 0.717) is 4.83 Å². The van der Waals surface area contributed by atoms with E-state index in [1.165, 1.54) is 31.9 Å². The van der Waals surface area contributed by atoms with Crippen molar-refractivity contribution in [2.45, 2.75) is 18.2 Å². The largest absolute Gasteiger partial charge is 0.0835 e. The first kappa shape index (κ1) is 14.8. The van der Waals surface area contributed by atoms with E-state index in [9.17, 15) is 0 Å². The maximum Gasteiger partial charge on any atom is 0.0438 e. The maximum absolute atomic E-state index is 3.87. The molecule has 3 aromatic rings. The fourth-order valence-corrected chi connectivity index (χ4v) is 3.96. The van der Waals surface area contributed by atoms with E-state index in [-0.39, 0.29) is 0 Å². The van der Waals surface area contributed by atoms with Crippen molar-refractivity contribution in [1.82, 2.24) is 0 Å². The van der Waals surface area contributed by atoms with Crippen LogP contribution >= 0.6 is 31.9 Å². The van der Waals surface area contributed by atoms with Gasteiger partial charge in [0, 0.05) is 9.30 Å². The van der Waals surface area contributed by atoms with Crippen molar-refractivity contribution in [3.63, 3.8) is 0 Å². The van der Waals surface area contributed by atoms with Gasteiger partial charge in [0.15, 0.2) is 0 Å². The van der Waals surface area contributed by atoms with Gasteiger partial charge in [0.1, 0.15) is 0 Å². The van der Waals surface area contributed by atoms with Gasteiger partial charge in [0.2, 0.25) is 0 Å². The first-order chi connectivity index (χ1) is 10.2. The Labute approximate surface area is 142 Å². The molecule has 0 heterocycles. The third-order valence-corrected chi connectivity index (χ3v) is 5.60. The molecular formula is C19H16Br2. The van der Waals surface area contributed by atoms with Gasteiger partial charge in [0.05, 0.1) is 0 Å². The molecule has 0 saturated carbocycles. The van der Waals surface area contributed by atoms with Gasteiger partial charge in [-0.25, -0.2) is 0 Å². The van der Waals surface area contributed by atoms with Crippen molar-refractivity contribution >= 4 is 42.6 Å². The molecule has 0 N–H and O–H groups in total. The zero-order chi connectivity index (χ0) is 14.8.